The molecule has 0 saturated heterocycles. The summed E-state index contributed by atoms with van der Waals surface area (Å²) in [7, 11) is 0. The minimum absolute atomic E-state index is 0. The number of carbonyl (C=O) groups is 2. The molecule has 6 nitrogen and oxygen atoms in total. The van der Waals surface area contributed by atoms with E-state index in [1.165, 1.54) is 6.92 Å². The number of ether oxygens (including phenoxy) is 1. The Kier molecular flexibility index (Phi) is 5.57. The van der Waals surface area contributed by atoms with Crippen molar-refractivity contribution in [3.63, 3.8) is 0 Å². The Hall–Kier alpha value is -1.66. The van der Waals surface area contributed by atoms with Gasteiger partial charge in [0.15, 0.2) is 5.54 Å². The molecule has 0 saturated carbocycles. The summed E-state index contributed by atoms with van der Waals surface area (Å²) >= 11 is 0. The van der Waals surface area contributed by atoms with Gasteiger partial charge in [-0.1, -0.05) is 6.07 Å². The zero-order valence-corrected chi connectivity index (χ0v) is 10.1. The van der Waals surface area contributed by atoms with Gasteiger partial charge in [0.1, 0.15) is 6.61 Å². The Morgan fingerprint density at radius 3 is 2.65 bits per heavy atom. The third-order valence-electron chi connectivity index (χ3n) is 2.03. The summed E-state index contributed by atoms with van der Waals surface area (Å²) in [5, 5.41) is 0. The maximum atomic E-state index is 11.4. The molecule has 1 aromatic heterocycles. The van der Waals surface area contributed by atoms with E-state index in [-0.39, 0.29) is 19.0 Å². The number of amides is 1. The molecule has 0 bridgehead atoms. The molecule has 0 fully saturated rings. The fraction of sp³-hybridized carbons (Fsp3) is 0.300. The molecule has 1 aromatic rings. The van der Waals surface area contributed by atoms with Crippen molar-refractivity contribution in [3.8, 4) is 0 Å². The summed E-state index contributed by atoms with van der Waals surface area (Å²) in [6.45, 7) is 1.22. The number of aromatic nitrogens is 1. The summed E-state index contributed by atoms with van der Waals surface area (Å²) < 4.78 is 4.85. The number of esters is 1. The molecular weight excluding hydrogens is 246 g/mol. The molecule has 1 heterocycles. The number of hydrogen-bond acceptors (Lipinski definition) is 5. The predicted molar refractivity (Wildman–Crippen MR) is 63.1 cm³/mol. The van der Waals surface area contributed by atoms with E-state index in [1.54, 1.807) is 24.5 Å². The molecule has 0 aliphatic heterocycles. The fourth-order valence-electron chi connectivity index (χ4n) is 0.883. The molecule has 1 unspecified atom stereocenters. The van der Waals surface area contributed by atoms with E-state index in [0.717, 1.165) is 0 Å². The second kappa shape index (κ2) is 6.17. The largest absolute Gasteiger partial charge is 0.459 e. The van der Waals surface area contributed by atoms with E-state index in [9.17, 15) is 9.59 Å². The maximum absolute atomic E-state index is 11.4. The Bertz CT molecular complexity index is 395. The van der Waals surface area contributed by atoms with Crippen LogP contribution < -0.4 is 11.5 Å². The molecule has 0 spiro atoms. The van der Waals surface area contributed by atoms with Crippen LogP contribution in [0.4, 0.5) is 0 Å². The normalized spacial score (nSPS) is 13.1. The lowest BCUT2D eigenvalue weighted by Gasteiger charge is -2.18. The van der Waals surface area contributed by atoms with Gasteiger partial charge < -0.3 is 16.2 Å². The van der Waals surface area contributed by atoms with Gasteiger partial charge in [0.05, 0.1) is 0 Å². The molecule has 0 aromatic carbocycles. The highest BCUT2D eigenvalue weighted by molar-refractivity contribution is 6.05. The van der Waals surface area contributed by atoms with Crippen molar-refractivity contribution in [2.24, 2.45) is 11.5 Å². The number of hydrogen-bond donors (Lipinski definition) is 2. The Morgan fingerprint density at radius 1 is 1.53 bits per heavy atom. The third kappa shape index (κ3) is 4.01. The molecule has 1 amide bonds. The summed E-state index contributed by atoms with van der Waals surface area (Å²) in [5.41, 5.74) is 9.27. The van der Waals surface area contributed by atoms with Crippen LogP contribution in [0.3, 0.4) is 0 Å². The van der Waals surface area contributed by atoms with Gasteiger partial charge in [0.2, 0.25) is 5.91 Å². The molecule has 1 atom stereocenters. The lowest BCUT2D eigenvalue weighted by atomic mass is 10.0. The maximum Gasteiger partial charge on any atom is 0.335 e. The van der Waals surface area contributed by atoms with Crippen LogP contribution in [0.15, 0.2) is 24.5 Å². The van der Waals surface area contributed by atoms with E-state index in [4.69, 9.17) is 16.2 Å². The van der Waals surface area contributed by atoms with Gasteiger partial charge in [-0.15, -0.1) is 12.4 Å². The molecule has 94 valence electrons. The van der Waals surface area contributed by atoms with E-state index >= 15 is 0 Å². The highest BCUT2D eigenvalue weighted by Crippen LogP contribution is 2.05. The van der Waals surface area contributed by atoms with Crippen molar-refractivity contribution in [3.05, 3.63) is 30.1 Å². The summed E-state index contributed by atoms with van der Waals surface area (Å²) in [6.07, 6.45) is 3.15. The van der Waals surface area contributed by atoms with E-state index in [2.05, 4.69) is 4.98 Å². The minimum Gasteiger partial charge on any atom is -0.459 e. The average molecular weight is 260 g/mol. The van der Waals surface area contributed by atoms with Crippen molar-refractivity contribution >= 4 is 24.3 Å². The van der Waals surface area contributed by atoms with Crippen LogP contribution in [-0.4, -0.2) is 22.4 Å². The van der Waals surface area contributed by atoms with Crippen LogP contribution in [0.25, 0.3) is 0 Å². The number of halogens is 1. The van der Waals surface area contributed by atoms with Crippen molar-refractivity contribution in [2.45, 2.75) is 19.1 Å². The van der Waals surface area contributed by atoms with Gasteiger partial charge in [0, 0.05) is 18.0 Å². The van der Waals surface area contributed by atoms with Crippen LogP contribution in [0.5, 0.6) is 0 Å². The smallest absolute Gasteiger partial charge is 0.335 e. The zero-order chi connectivity index (χ0) is 12.2. The van der Waals surface area contributed by atoms with Crippen LogP contribution >= 0.6 is 12.4 Å². The minimum atomic E-state index is -1.80. The van der Waals surface area contributed by atoms with Gasteiger partial charge in [-0.3, -0.25) is 9.78 Å². The molecule has 0 aliphatic rings. The molecule has 0 aliphatic carbocycles. The number of nitrogens with zero attached hydrogens (tertiary/aromatic N) is 1. The van der Waals surface area contributed by atoms with Crippen LogP contribution in [0, 0.1) is 0 Å². The SMILES string of the molecule is CC(N)(C(N)=O)C(=O)OCc1cccnc1.Cl. The number of pyridine rings is 1. The molecule has 7 heteroatoms. The number of carbonyl (C=O) groups excluding carboxylic acids is 2. The summed E-state index contributed by atoms with van der Waals surface area (Å²) in [6, 6.07) is 3.44. The fourth-order valence-corrected chi connectivity index (χ4v) is 0.883. The monoisotopic (exact) mass is 259 g/mol. The van der Waals surface area contributed by atoms with Crippen molar-refractivity contribution in [1.29, 1.82) is 0 Å². The van der Waals surface area contributed by atoms with Crippen molar-refractivity contribution in [1.82, 2.24) is 4.98 Å². The van der Waals surface area contributed by atoms with Crippen LogP contribution in [0.2, 0.25) is 0 Å². The molecule has 4 N–H and O–H groups in total. The predicted octanol–water partition coefficient (Wildman–Crippen LogP) is -0.251. The van der Waals surface area contributed by atoms with Gasteiger partial charge in [-0.25, -0.2) is 4.79 Å². The van der Waals surface area contributed by atoms with Gasteiger partial charge in [-0.2, -0.15) is 0 Å². The molecule has 0 radical (unpaired) electrons. The molecular formula is C10H14ClN3O3. The van der Waals surface area contributed by atoms with Crippen molar-refractivity contribution in [2.75, 3.05) is 0 Å². The lowest BCUT2D eigenvalue weighted by Crippen LogP contribution is -2.56. The first-order valence-electron chi connectivity index (χ1n) is 4.59. The first kappa shape index (κ1) is 15.3. The average Bonchev–Trinajstić information content (AvgIpc) is 2.27. The second-order valence-electron chi connectivity index (χ2n) is 3.50. The third-order valence-corrected chi connectivity index (χ3v) is 2.03. The van der Waals surface area contributed by atoms with Crippen LogP contribution in [0.1, 0.15) is 12.5 Å². The first-order chi connectivity index (χ1) is 7.44. The van der Waals surface area contributed by atoms with E-state index < -0.39 is 17.4 Å². The van der Waals surface area contributed by atoms with E-state index in [0.29, 0.717) is 5.56 Å². The van der Waals surface area contributed by atoms with Gasteiger partial charge in [0.25, 0.3) is 0 Å². The Labute approximate surface area is 105 Å². The Balaban J connectivity index is 0.00000256. The van der Waals surface area contributed by atoms with Crippen LogP contribution in [-0.2, 0) is 20.9 Å². The second-order valence-corrected chi connectivity index (χ2v) is 3.50. The number of nitrogens with two attached hydrogens (primary N) is 2. The Morgan fingerprint density at radius 2 is 2.18 bits per heavy atom. The molecule has 17 heavy (non-hydrogen) atoms. The summed E-state index contributed by atoms with van der Waals surface area (Å²) in [4.78, 5) is 26.1. The quantitative estimate of drug-likeness (QED) is 0.572. The lowest BCUT2D eigenvalue weighted by molar-refractivity contribution is -0.154. The summed E-state index contributed by atoms with van der Waals surface area (Å²) in [5.74, 6) is -1.78. The molecule has 1 rings (SSSR count). The van der Waals surface area contributed by atoms with Gasteiger partial charge >= 0.3 is 5.97 Å². The first-order valence-corrected chi connectivity index (χ1v) is 4.59. The number of rotatable bonds is 4. The topological polar surface area (TPSA) is 108 Å². The van der Waals surface area contributed by atoms with Gasteiger partial charge in [-0.05, 0) is 13.0 Å². The highest BCUT2D eigenvalue weighted by atomic mass is 35.5. The highest BCUT2D eigenvalue weighted by Gasteiger charge is 2.36. The zero-order valence-electron chi connectivity index (χ0n) is 9.25. The standard InChI is InChI=1S/C10H13N3O3.ClH/c1-10(12,8(11)14)9(15)16-6-7-3-2-4-13-5-7;/h2-5H,6,12H2,1H3,(H2,11,14);1H. The van der Waals surface area contributed by atoms with Crippen molar-refractivity contribution < 1.29 is 14.3 Å². The van der Waals surface area contributed by atoms with E-state index in [1.807, 2.05) is 0 Å². The number of primary amides is 1.